The molecule has 106 valence electrons. The second kappa shape index (κ2) is 8.32. The molecule has 5 heteroatoms. The Hall–Kier alpha value is -0.810. The van der Waals surface area contributed by atoms with E-state index in [1.807, 2.05) is 18.7 Å². The number of rotatable bonds is 6. The van der Waals surface area contributed by atoms with Crippen molar-refractivity contribution in [3.63, 3.8) is 0 Å². The molecule has 1 fully saturated rings. The van der Waals surface area contributed by atoms with Crippen LogP contribution >= 0.6 is 0 Å². The van der Waals surface area contributed by atoms with Crippen molar-refractivity contribution in [2.24, 2.45) is 5.92 Å². The van der Waals surface area contributed by atoms with Crippen LogP contribution in [0.1, 0.15) is 33.1 Å². The zero-order valence-corrected chi connectivity index (χ0v) is 11.5. The first-order chi connectivity index (χ1) is 8.65. The lowest BCUT2D eigenvalue weighted by Gasteiger charge is -2.33. The first-order valence-electron chi connectivity index (χ1n) is 6.93. The number of aliphatic hydroxyl groups is 1. The normalized spacial score (nSPS) is 18.7. The summed E-state index contributed by atoms with van der Waals surface area (Å²) in [6.07, 6.45) is 2.37. The molecule has 1 rings (SSSR count). The Morgan fingerprint density at radius 2 is 2.17 bits per heavy atom. The lowest BCUT2D eigenvalue weighted by molar-refractivity contribution is 0.0796. The minimum Gasteiger partial charge on any atom is -0.393 e. The predicted molar refractivity (Wildman–Crippen MR) is 70.5 cm³/mol. The van der Waals surface area contributed by atoms with Crippen LogP contribution in [-0.4, -0.2) is 55.0 Å². The molecule has 2 amide bonds. The Bertz CT molecular complexity index is 238. The van der Waals surface area contributed by atoms with Gasteiger partial charge in [0.1, 0.15) is 0 Å². The Kier molecular flexibility index (Phi) is 7.05. The smallest absolute Gasteiger partial charge is 0.317 e. The molecule has 1 aliphatic heterocycles. The van der Waals surface area contributed by atoms with Crippen molar-refractivity contribution in [3.8, 4) is 0 Å². The highest BCUT2D eigenvalue weighted by atomic mass is 16.5. The minimum atomic E-state index is -0.263. The highest BCUT2D eigenvalue weighted by molar-refractivity contribution is 5.74. The number of aliphatic hydroxyl groups excluding tert-OH is 1. The van der Waals surface area contributed by atoms with Gasteiger partial charge in [-0.25, -0.2) is 4.79 Å². The van der Waals surface area contributed by atoms with Crippen LogP contribution in [0, 0.1) is 5.92 Å². The monoisotopic (exact) mass is 258 g/mol. The van der Waals surface area contributed by atoms with Crippen molar-refractivity contribution in [1.82, 2.24) is 10.2 Å². The minimum absolute atomic E-state index is 0.00976. The van der Waals surface area contributed by atoms with Gasteiger partial charge >= 0.3 is 6.03 Å². The highest BCUT2D eigenvalue weighted by Crippen LogP contribution is 2.20. The van der Waals surface area contributed by atoms with Gasteiger partial charge in [-0.15, -0.1) is 0 Å². The molecule has 0 aromatic carbocycles. The fourth-order valence-corrected chi connectivity index (χ4v) is 2.21. The molecule has 0 aliphatic carbocycles. The molecular weight excluding hydrogens is 232 g/mol. The topological polar surface area (TPSA) is 61.8 Å². The summed E-state index contributed by atoms with van der Waals surface area (Å²) in [5, 5.41) is 12.4. The SMILES string of the molecule is CCOCCCNC(=O)N1CCC(C(C)O)CC1. The average molecular weight is 258 g/mol. The summed E-state index contributed by atoms with van der Waals surface area (Å²) in [5.74, 6) is 0.340. The molecule has 1 aliphatic rings. The van der Waals surface area contributed by atoms with Crippen LogP contribution in [0.4, 0.5) is 4.79 Å². The maximum atomic E-state index is 11.8. The number of carbonyl (C=O) groups excluding carboxylic acids is 1. The molecule has 0 radical (unpaired) electrons. The van der Waals surface area contributed by atoms with Gasteiger partial charge in [0.15, 0.2) is 0 Å². The van der Waals surface area contributed by atoms with E-state index in [1.54, 1.807) is 0 Å². The summed E-state index contributed by atoms with van der Waals surface area (Å²) in [6, 6.07) is 0.00976. The van der Waals surface area contributed by atoms with Crippen LogP contribution in [0.2, 0.25) is 0 Å². The molecule has 0 bridgehead atoms. The van der Waals surface area contributed by atoms with Crippen molar-refractivity contribution in [2.75, 3.05) is 32.8 Å². The second-order valence-corrected chi connectivity index (χ2v) is 4.85. The van der Waals surface area contributed by atoms with Crippen molar-refractivity contribution in [1.29, 1.82) is 0 Å². The number of hydrogen-bond acceptors (Lipinski definition) is 3. The third-order valence-corrected chi connectivity index (χ3v) is 3.45. The molecule has 0 aromatic heterocycles. The van der Waals surface area contributed by atoms with Gasteiger partial charge in [0.2, 0.25) is 0 Å². The molecular formula is C13H26N2O3. The molecule has 1 atom stereocenters. The molecule has 1 saturated heterocycles. The fraction of sp³-hybridized carbons (Fsp3) is 0.923. The van der Waals surface area contributed by atoms with Crippen LogP contribution < -0.4 is 5.32 Å². The van der Waals surface area contributed by atoms with E-state index in [9.17, 15) is 9.90 Å². The predicted octanol–water partition coefficient (Wildman–Crippen LogP) is 1.22. The van der Waals surface area contributed by atoms with Crippen LogP contribution in [0.5, 0.6) is 0 Å². The summed E-state index contributed by atoms with van der Waals surface area (Å²) in [7, 11) is 0. The number of carbonyl (C=O) groups is 1. The molecule has 0 saturated carbocycles. The van der Waals surface area contributed by atoms with Crippen LogP contribution in [-0.2, 0) is 4.74 Å². The molecule has 0 spiro atoms. The Labute approximate surface area is 109 Å². The summed E-state index contributed by atoms with van der Waals surface area (Å²) in [6.45, 7) is 7.36. The van der Waals surface area contributed by atoms with E-state index < -0.39 is 0 Å². The zero-order valence-electron chi connectivity index (χ0n) is 11.5. The summed E-state index contributed by atoms with van der Waals surface area (Å²) in [5.41, 5.74) is 0. The summed E-state index contributed by atoms with van der Waals surface area (Å²) >= 11 is 0. The number of nitrogens with zero attached hydrogens (tertiary/aromatic N) is 1. The van der Waals surface area contributed by atoms with E-state index in [4.69, 9.17) is 4.74 Å². The number of nitrogens with one attached hydrogen (secondary N) is 1. The van der Waals surface area contributed by atoms with E-state index in [2.05, 4.69) is 5.32 Å². The fourth-order valence-electron chi connectivity index (χ4n) is 2.21. The third-order valence-electron chi connectivity index (χ3n) is 3.45. The van der Waals surface area contributed by atoms with Crippen LogP contribution in [0.15, 0.2) is 0 Å². The Morgan fingerprint density at radius 1 is 1.50 bits per heavy atom. The Balaban J connectivity index is 2.12. The lowest BCUT2D eigenvalue weighted by atomic mass is 9.92. The first kappa shape index (κ1) is 15.2. The first-order valence-corrected chi connectivity index (χ1v) is 6.93. The number of likely N-dealkylation sites (tertiary alicyclic amines) is 1. The maximum absolute atomic E-state index is 11.8. The number of piperidine rings is 1. The van der Waals surface area contributed by atoms with E-state index in [1.165, 1.54) is 0 Å². The number of ether oxygens (including phenoxy) is 1. The van der Waals surface area contributed by atoms with Crippen molar-refractivity contribution in [3.05, 3.63) is 0 Å². The van der Waals surface area contributed by atoms with Gasteiger partial charge in [-0.2, -0.15) is 0 Å². The largest absolute Gasteiger partial charge is 0.393 e. The quantitative estimate of drug-likeness (QED) is 0.704. The van der Waals surface area contributed by atoms with Crippen LogP contribution in [0.3, 0.4) is 0 Å². The summed E-state index contributed by atoms with van der Waals surface area (Å²) in [4.78, 5) is 13.7. The Morgan fingerprint density at radius 3 is 2.72 bits per heavy atom. The number of amides is 2. The molecule has 2 N–H and O–H groups in total. The molecule has 5 nitrogen and oxygen atoms in total. The van der Waals surface area contributed by atoms with Gasteiger partial charge in [-0.3, -0.25) is 0 Å². The van der Waals surface area contributed by atoms with E-state index >= 15 is 0 Å². The molecule has 1 heterocycles. The summed E-state index contributed by atoms with van der Waals surface area (Å²) < 4.78 is 5.21. The van der Waals surface area contributed by atoms with Crippen LogP contribution in [0.25, 0.3) is 0 Å². The van der Waals surface area contributed by atoms with E-state index in [0.717, 1.165) is 39.0 Å². The zero-order chi connectivity index (χ0) is 13.4. The molecule has 1 unspecified atom stereocenters. The van der Waals surface area contributed by atoms with Gasteiger partial charge < -0.3 is 20.1 Å². The number of urea groups is 1. The third kappa shape index (κ3) is 5.23. The van der Waals surface area contributed by atoms with Crippen molar-refractivity contribution < 1.29 is 14.6 Å². The van der Waals surface area contributed by atoms with Gasteiger partial charge in [-0.05, 0) is 39.0 Å². The van der Waals surface area contributed by atoms with Gasteiger partial charge in [0.25, 0.3) is 0 Å². The van der Waals surface area contributed by atoms with Gasteiger partial charge in [0.05, 0.1) is 6.10 Å². The highest BCUT2D eigenvalue weighted by Gasteiger charge is 2.24. The van der Waals surface area contributed by atoms with E-state index in [-0.39, 0.29) is 12.1 Å². The standard InChI is InChI=1S/C13H26N2O3/c1-3-18-10-4-7-14-13(17)15-8-5-12(6-9-15)11(2)16/h11-12,16H,3-10H2,1-2H3,(H,14,17). The van der Waals surface area contributed by atoms with Crippen molar-refractivity contribution in [2.45, 2.75) is 39.2 Å². The molecule has 0 aromatic rings. The average Bonchev–Trinajstić information content (AvgIpc) is 2.38. The van der Waals surface area contributed by atoms with Gasteiger partial charge in [-0.1, -0.05) is 0 Å². The lowest BCUT2D eigenvalue weighted by Crippen LogP contribution is -2.46. The maximum Gasteiger partial charge on any atom is 0.317 e. The van der Waals surface area contributed by atoms with Gasteiger partial charge in [0, 0.05) is 32.8 Å². The van der Waals surface area contributed by atoms with E-state index in [0.29, 0.717) is 19.1 Å². The number of hydrogen-bond donors (Lipinski definition) is 2. The van der Waals surface area contributed by atoms with Crippen molar-refractivity contribution >= 4 is 6.03 Å². The second-order valence-electron chi connectivity index (χ2n) is 4.85. The molecule has 18 heavy (non-hydrogen) atoms.